The number of fused-ring (bicyclic) bond motifs is 3. The van der Waals surface area contributed by atoms with E-state index in [2.05, 4.69) is 20.9 Å². The maximum atomic E-state index is 11.7. The first-order valence-corrected chi connectivity index (χ1v) is 8.99. The Hall–Kier alpha value is -2.73. The second kappa shape index (κ2) is 6.53. The Morgan fingerprint density at radius 3 is 2.69 bits per heavy atom. The molecule has 0 saturated carbocycles. The van der Waals surface area contributed by atoms with Crippen molar-refractivity contribution in [1.29, 1.82) is 0 Å². The highest BCUT2D eigenvalue weighted by Gasteiger charge is 2.29. The van der Waals surface area contributed by atoms with Crippen LogP contribution in [0.2, 0.25) is 0 Å². The molecule has 26 heavy (non-hydrogen) atoms. The summed E-state index contributed by atoms with van der Waals surface area (Å²) in [5.41, 5.74) is 4.56. The average Bonchev–Trinajstić information content (AvgIpc) is 2.94. The third-order valence-corrected chi connectivity index (χ3v) is 4.71. The Bertz CT molecular complexity index is 1020. The molecular formula is C20H16BrN3O2. The van der Waals surface area contributed by atoms with E-state index in [4.69, 9.17) is 9.73 Å². The predicted molar refractivity (Wildman–Crippen MR) is 103 cm³/mol. The zero-order valence-electron chi connectivity index (χ0n) is 14.3. The SMILES string of the molecule is CC(=O)OC1N=C(c2ccccc2)c2cc(Br)ccc2-n2c(C)cnc21. The quantitative estimate of drug-likeness (QED) is 0.590. The molecule has 1 aliphatic rings. The minimum absolute atomic E-state index is 0.398. The smallest absolute Gasteiger partial charge is 0.304 e. The predicted octanol–water partition coefficient (Wildman–Crippen LogP) is 4.36. The van der Waals surface area contributed by atoms with Gasteiger partial charge in [-0.3, -0.25) is 9.36 Å². The fourth-order valence-corrected chi connectivity index (χ4v) is 3.50. The van der Waals surface area contributed by atoms with Gasteiger partial charge in [-0.2, -0.15) is 0 Å². The Morgan fingerprint density at radius 1 is 1.19 bits per heavy atom. The van der Waals surface area contributed by atoms with Crippen LogP contribution in [0.1, 0.15) is 35.8 Å². The summed E-state index contributed by atoms with van der Waals surface area (Å²) in [6.07, 6.45) is 0.961. The van der Waals surface area contributed by atoms with Crippen molar-refractivity contribution in [3.63, 3.8) is 0 Å². The van der Waals surface area contributed by atoms with Gasteiger partial charge in [0.15, 0.2) is 5.82 Å². The van der Waals surface area contributed by atoms with E-state index in [9.17, 15) is 4.79 Å². The molecule has 0 fully saturated rings. The van der Waals surface area contributed by atoms with Crippen LogP contribution in [-0.4, -0.2) is 21.2 Å². The molecule has 2 heterocycles. The summed E-state index contributed by atoms with van der Waals surface area (Å²) in [6, 6.07) is 15.9. The Kier molecular flexibility index (Phi) is 4.20. The molecule has 1 aromatic heterocycles. The Morgan fingerprint density at radius 2 is 1.96 bits per heavy atom. The molecule has 1 atom stereocenters. The lowest BCUT2D eigenvalue weighted by atomic mass is 10.0. The van der Waals surface area contributed by atoms with Crippen molar-refractivity contribution in [3.8, 4) is 5.69 Å². The first-order valence-electron chi connectivity index (χ1n) is 8.19. The number of halogens is 1. The van der Waals surface area contributed by atoms with Gasteiger partial charge in [0.2, 0.25) is 0 Å². The molecule has 0 spiro atoms. The molecule has 6 heteroatoms. The summed E-state index contributed by atoms with van der Waals surface area (Å²) in [5.74, 6) is 0.192. The van der Waals surface area contributed by atoms with E-state index in [1.165, 1.54) is 6.92 Å². The van der Waals surface area contributed by atoms with Gasteiger partial charge >= 0.3 is 5.97 Å². The van der Waals surface area contributed by atoms with Gasteiger partial charge in [0.1, 0.15) is 0 Å². The number of carbonyl (C=O) groups is 1. The number of esters is 1. The van der Waals surface area contributed by atoms with Crippen molar-refractivity contribution in [2.45, 2.75) is 20.1 Å². The number of nitrogens with zero attached hydrogens (tertiary/aromatic N) is 3. The lowest BCUT2D eigenvalue weighted by Crippen LogP contribution is -2.12. The molecule has 0 aliphatic carbocycles. The highest BCUT2D eigenvalue weighted by Crippen LogP contribution is 2.33. The molecule has 4 rings (SSSR count). The van der Waals surface area contributed by atoms with Crippen LogP contribution >= 0.6 is 15.9 Å². The monoisotopic (exact) mass is 409 g/mol. The van der Waals surface area contributed by atoms with Gasteiger partial charge in [-0.05, 0) is 25.1 Å². The number of hydrogen-bond acceptors (Lipinski definition) is 4. The summed E-state index contributed by atoms with van der Waals surface area (Å²) < 4.78 is 8.45. The third-order valence-electron chi connectivity index (χ3n) is 4.21. The Labute approximate surface area is 159 Å². The topological polar surface area (TPSA) is 56.5 Å². The first-order chi connectivity index (χ1) is 12.5. The van der Waals surface area contributed by atoms with Crippen LogP contribution in [-0.2, 0) is 9.53 Å². The van der Waals surface area contributed by atoms with Gasteiger partial charge in [0.25, 0.3) is 6.23 Å². The number of aryl methyl sites for hydroxylation is 1. The van der Waals surface area contributed by atoms with Crippen LogP contribution in [0.5, 0.6) is 0 Å². The van der Waals surface area contributed by atoms with E-state index in [1.807, 2.05) is 60.0 Å². The molecule has 1 unspecified atom stereocenters. The van der Waals surface area contributed by atoms with Gasteiger partial charge in [0, 0.05) is 34.4 Å². The number of aliphatic imine (C=N–C) groups is 1. The van der Waals surface area contributed by atoms with E-state index >= 15 is 0 Å². The zero-order chi connectivity index (χ0) is 18.3. The van der Waals surface area contributed by atoms with E-state index < -0.39 is 12.2 Å². The van der Waals surface area contributed by atoms with Gasteiger partial charge in [0.05, 0.1) is 11.4 Å². The number of carbonyl (C=O) groups excluding carboxylic acids is 1. The van der Waals surface area contributed by atoms with Crippen molar-refractivity contribution >= 4 is 27.6 Å². The van der Waals surface area contributed by atoms with Crippen LogP contribution in [0.3, 0.4) is 0 Å². The van der Waals surface area contributed by atoms with E-state index in [0.717, 1.165) is 32.7 Å². The molecule has 0 bridgehead atoms. The van der Waals surface area contributed by atoms with Crippen LogP contribution in [0.4, 0.5) is 0 Å². The lowest BCUT2D eigenvalue weighted by Gasteiger charge is -2.14. The normalized spacial score (nSPS) is 15.5. The molecule has 130 valence electrons. The minimum atomic E-state index is -0.803. The lowest BCUT2D eigenvalue weighted by molar-refractivity contribution is -0.146. The maximum absolute atomic E-state index is 11.7. The molecule has 2 aromatic carbocycles. The van der Waals surface area contributed by atoms with Crippen molar-refractivity contribution in [1.82, 2.24) is 9.55 Å². The van der Waals surface area contributed by atoms with Crippen LogP contribution in [0.15, 0.2) is 64.2 Å². The molecule has 1 aliphatic heterocycles. The number of hydrogen-bond donors (Lipinski definition) is 0. The second-order valence-corrected chi connectivity index (χ2v) is 6.98. The van der Waals surface area contributed by atoms with Crippen molar-refractivity contribution < 1.29 is 9.53 Å². The molecule has 5 nitrogen and oxygen atoms in total. The van der Waals surface area contributed by atoms with Gasteiger partial charge in [-0.15, -0.1) is 0 Å². The van der Waals surface area contributed by atoms with Crippen molar-refractivity contribution in [3.05, 3.63) is 81.8 Å². The van der Waals surface area contributed by atoms with Gasteiger partial charge < -0.3 is 4.74 Å². The molecular weight excluding hydrogens is 394 g/mol. The largest absolute Gasteiger partial charge is 0.432 e. The van der Waals surface area contributed by atoms with Crippen LogP contribution in [0, 0.1) is 6.92 Å². The van der Waals surface area contributed by atoms with Crippen molar-refractivity contribution in [2.24, 2.45) is 4.99 Å². The average molecular weight is 410 g/mol. The Balaban J connectivity index is 2.04. The number of rotatable bonds is 2. The van der Waals surface area contributed by atoms with Crippen LogP contribution < -0.4 is 0 Å². The molecule has 0 amide bonds. The summed E-state index contributed by atoms with van der Waals surface area (Å²) in [7, 11) is 0. The molecule has 0 N–H and O–H groups in total. The maximum Gasteiger partial charge on any atom is 0.304 e. The fourth-order valence-electron chi connectivity index (χ4n) is 3.14. The summed E-state index contributed by atoms with van der Waals surface area (Å²) in [6.45, 7) is 3.35. The first kappa shape index (κ1) is 16.7. The van der Waals surface area contributed by atoms with E-state index in [1.54, 1.807) is 6.20 Å². The molecule has 0 radical (unpaired) electrons. The molecule has 0 saturated heterocycles. The van der Waals surface area contributed by atoms with Gasteiger partial charge in [-0.1, -0.05) is 46.3 Å². The molecule has 3 aromatic rings. The number of benzene rings is 2. The number of ether oxygens (including phenoxy) is 1. The number of imidazole rings is 1. The van der Waals surface area contributed by atoms with Crippen molar-refractivity contribution in [2.75, 3.05) is 0 Å². The minimum Gasteiger partial charge on any atom is -0.432 e. The standard InChI is InChI=1S/C20H16BrN3O2/c1-12-11-22-19-20(26-13(2)25)23-18(14-6-4-3-5-7-14)16-10-15(21)8-9-17(16)24(12)19/h3-11,20H,1-2H3. The van der Waals surface area contributed by atoms with E-state index in [-0.39, 0.29) is 0 Å². The third kappa shape index (κ3) is 2.86. The fraction of sp³-hybridized carbons (Fsp3) is 0.150. The van der Waals surface area contributed by atoms with Gasteiger partial charge in [-0.25, -0.2) is 9.98 Å². The summed E-state index contributed by atoms with van der Waals surface area (Å²) in [4.78, 5) is 20.9. The second-order valence-electron chi connectivity index (χ2n) is 6.06. The highest BCUT2D eigenvalue weighted by atomic mass is 79.9. The van der Waals surface area contributed by atoms with Crippen LogP contribution in [0.25, 0.3) is 5.69 Å². The summed E-state index contributed by atoms with van der Waals surface area (Å²) >= 11 is 3.56. The summed E-state index contributed by atoms with van der Waals surface area (Å²) in [5, 5.41) is 0. The van der Waals surface area contributed by atoms with E-state index in [0.29, 0.717) is 5.82 Å². The number of aromatic nitrogens is 2. The highest BCUT2D eigenvalue weighted by molar-refractivity contribution is 9.10. The zero-order valence-corrected chi connectivity index (χ0v) is 15.9.